The van der Waals surface area contributed by atoms with Crippen molar-refractivity contribution in [3.8, 4) is 6.07 Å². The maximum absolute atomic E-state index is 9.72. The van der Waals surface area contributed by atoms with Crippen molar-refractivity contribution in [3.63, 3.8) is 0 Å². The quantitative estimate of drug-likeness (QED) is 0.797. The zero-order chi connectivity index (χ0) is 15.1. The molecule has 1 aromatic carbocycles. The highest BCUT2D eigenvalue weighted by Crippen LogP contribution is 2.28. The monoisotopic (exact) mass is 285 g/mol. The van der Waals surface area contributed by atoms with Gasteiger partial charge < -0.3 is 4.90 Å². The molecule has 0 radical (unpaired) electrons. The minimum Gasteiger partial charge on any atom is -0.303 e. The van der Waals surface area contributed by atoms with Gasteiger partial charge in [-0.15, -0.1) is 0 Å². The van der Waals surface area contributed by atoms with Crippen LogP contribution in [0.5, 0.6) is 0 Å². The summed E-state index contributed by atoms with van der Waals surface area (Å²) >= 11 is 0. The van der Waals surface area contributed by atoms with E-state index in [1.54, 1.807) is 0 Å². The maximum Gasteiger partial charge on any atom is 0.133 e. The van der Waals surface area contributed by atoms with Crippen LogP contribution in [0.25, 0.3) is 0 Å². The van der Waals surface area contributed by atoms with E-state index in [2.05, 4.69) is 23.2 Å². The van der Waals surface area contributed by atoms with Gasteiger partial charge in [0, 0.05) is 13.1 Å². The van der Waals surface area contributed by atoms with Crippen LogP contribution >= 0.6 is 0 Å². The zero-order valence-electron chi connectivity index (χ0n) is 13.3. The fourth-order valence-corrected chi connectivity index (χ4v) is 3.06. The largest absolute Gasteiger partial charge is 0.303 e. The Kier molecular flexibility index (Phi) is 5.78. The van der Waals surface area contributed by atoms with Gasteiger partial charge in [-0.25, -0.2) is 0 Å². The molecule has 1 atom stereocenters. The van der Waals surface area contributed by atoms with E-state index in [9.17, 15) is 5.26 Å². The summed E-state index contributed by atoms with van der Waals surface area (Å²) in [5, 5.41) is 13.0. The van der Waals surface area contributed by atoms with E-state index in [-0.39, 0.29) is 0 Å². The van der Waals surface area contributed by atoms with Crippen LogP contribution in [0.15, 0.2) is 30.3 Å². The Morgan fingerprint density at radius 2 is 2.05 bits per heavy atom. The van der Waals surface area contributed by atoms with Gasteiger partial charge in [-0.05, 0) is 44.3 Å². The summed E-state index contributed by atoms with van der Waals surface area (Å²) in [5.74, 6) is 0.882. The lowest BCUT2D eigenvalue weighted by Crippen LogP contribution is -2.43. The van der Waals surface area contributed by atoms with Crippen LogP contribution in [0, 0.1) is 17.2 Å². The van der Waals surface area contributed by atoms with E-state index < -0.39 is 5.54 Å². The van der Waals surface area contributed by atoms with Crippen molar-refractivity contribution in [2.24, 2.45) is 5.92 Å². The Bertz CT molecular complexity index is 461. The Morgan fingerprint density at radius 3 is 2.52 bits per heavy atom. The molecule has 1 fully saturated rings. The van der Waals surface area contributed by atoms with Crippen LogP contribution in [0.4, 0.5) is 0 Å². The summed E-state index contributed by atoms with van der Waals surface area (Å²) < 4.78 is 0. The van der Waals surface area contributed by atoms with E-state index >= 15 is 0 Å². The van der Waals surface area contributed by atoms with Crippen LogP contribution in [-0.2, 0) is 5.54 Å². The van der Waals surface area contributed by atoms with Crippen LogP contribution < -0.4 is 5.32 Å². The standard InChI is InChI=1S/C18H27N3/c1-3-21(14-16-8-7-9-16)13-12-18(15-19,20-2)17-10-5-4-6-11-17/h4-6,10-11,16,20H,3,7-9,12-14H2,1-2H3. The Labute approximate surface area is 129 Å². The average Bonchev–Trinajstić information content (AvgIpc) is 2.51. The number of nitrogens with zero attached hydrogens (tertiary/aromatic N) is 2. The van der Waals surface area contributed by atoms with Crippen LogP contribution in [-0.4, -0.2) is 31.6 Å². The van der Waals surface area contributed by atoms with E-state index in [0.717, 1.165) is 31.0 Å². The minimum atomic E-state index is -0.575. The molecule has 0 bridgehead atoms. The molecule has 0 spiro atoms. The fourth-order valence-electron chi connectivity index (χ4n) is 3.06. The van der Waals surface area contributed by atoms with Crippen molar-refractivity contribution >= 4 is 0 Å². The van der Waals surface area contributed by atoms with Gasteiger partial charge in [0.05, 0.1) is 6.07 Å². The second kappa shape index (κ2) is 7.59. The molecule has 2 rings (SSSR count). The second-order valence-corrected chi connectivity index (χ2v) is 6.07. The third kappa shape index (κ3) is 3.84. The highest BCUT2D eigenvalue weighted by molar-refractivity contribution is 5.31. The van der Waals surface area contributed by atoms with Gasteiger partial charge in [-0.2, -0.15) is 5.26 Å². The lowest BCUT2D eigenvalue weighted by molar-refractivity contribution is 0.172. The maximum atomic E-state index is 9.72. The van der Waals surface area contributed by atoms with E-state index in [1.807, 2.05) is 37.4 Å². The molecule has 1 N–H and O–H groups in total. The Morgan fingerprint density at radius 1 is 1.33 bits per heavy atom. The first kappa shape index (κ1) is 16.0. The van der Waals surface area contributed by atoms with Crippen molar-refractivity contribution in [1.82, 2.24) is 10.2 Å². The lowest BCUT2D eigenvalue weighted by atomic mass is 9.84. The number of nitrogens with one attached hydrogen (secondary N) is 1. The fraction of sp³-hybridized carbons (Fsp3) is 0.611. The predicted molar refractivity (Wildman–Crippen MR) is 86.9 cm³/mol. The number of rotatable bonds is 8. The predicted octanol–water partition coefficient (Wildman–Crippen LogP) is 3.14. The average molecular weight is 285 g/mol. The van der Waals surface area contributed by atoms with Gasteiger partial charge in [0.2, 0.25) is 0 Å². The molecule has 0 aliphatic heterocycles. The van der Waals surface area contributed by atoms with Crippen molar-refractivity contribution < 1.29 is 0 Å². The smallest absolute Gasteiger partial charge is 0.133 e. The van der Waals surface area contributed by atoms with Crippen LogP contribution in [0.3, 0.4) is 0 Å². The summed E-state index contributed by atoms with van der Waals surface area (Å²) in [5.41, 5.74) is 0.489. The Balaban J connectivity index is 2.00. The van der Waals surface area contributed by atoms with Gasteiger partial charge in [-0.3, -0.25) is 5.32 Å². The van der Waals surface area contributed by atoms with Gasteiger partial charge in [0.25, 0.3) is 0 Å². The molecule has 1 saturated carbocycles. The number of hydrogen-bond acceptors (Lipinski definition) is 3. The first-order chi connectivity index (χ1) is 10.2. The van der Waals surface area contributed by atoms with Gasteiger partial charge in [0.1, 0.15) is 5.54 Å². The SMILES string of the molecule is CCN(CCC(C#N)(NC)c1ccccc1)CC1CCC1. The molecule has 0 aromatic heterocycles. The molecular weight excluding hydrogens is 258 g/mol. The van der Waals surface area contributed by atoms with E-state index in [4.69, 9.17) is 0 Å². The summed E-state index contributed by atoms with van der Waals surface area (Å²) in [6.07, 6.45) is 4.98. The first-order valence-electron chi connectivity index (χ1n) is 8.12. The van der Waals surface area contributed by atoms with E-state index in [1.165, 1.54) is 25.8 Å². The molecule has 114 valence electrons. The summed E-state index contributed by atoms with van der Waals surface area (Å²) in [7, 11) is 1.89. The van der Waals surface area contributed by atoms with Crippen LogP contribution in [0.1, 0.15) is 38.2 Å². The van der Waals surface area contributed by atoms with Gasteiger partial charge >= 0.3 is 0 Å². The molecule has 1 aliphatic carbocycles. The highest BCUT2D eigenvalue weighted by Gasteiger charge is 2.31. The molecule has 3 heteroatoms. The molecular formula is C18H27N3. The highest BCUT2D eigenvalue weighted by atomic mass is 15.1. The minimum absolute atomic E-state index is 0.575. The molecule has 21 heavy (non-hydrogen) atoms. The normalized spacial score (nSPS) is 18.0. The molecule has 1 aromatic rings. The zero-order valence-corrected chi connectivity index (χ0v) is 13.3. The van der Waals surface area contributed by atoms with Gasteiger partial charge in [0.15, 0.2) is 0 Å². The number of benzene rings is 1. The number of hydrogen-bond donors (Lipinski definition) is 1. The number of nitriles is 1. The van der Waals surface area contributed by atoms with Crippen molar-refractivity contribution in [2.45, 2.75) is 38.1 Å². The second-order valence-electron chi connectivity index (χ2n) is 6.07. The third-order valence-electron chi connectivity index (χ3n) is 4.88. The molecule has 1 unspecified atom stereocenters. The van der Waals surface area contributed by atoms with Crippen molar-refractivity contribution in [3.05, 3.63) is 35.9 Å². The summed E-state index contributed by atoms with van der Waals surface area (Å²) in [6.45, 7) is 5.44. The molecule has 3 nitrogen and oxygen atoms in total. The van der Waals surface area contributed by atoms with Gasteiger partial charge in [-0.1, -0.05) is 43.7 Å². The van der Waals surface area contributed by atoms with Crippen molar-refractivity contribution in [2.75, 3.05) is 26.7 Å². The topological polar surface area (TPSA) is 39.1 Å². The van der Waals surface area contributed by atoms with E-state index in [0.29, 0.717) is 0 Å². The molecule has 0 heterocycles. The molecule has 1 aliphatic rings. The first-order valence-corrected chi connectivity index (χ1v) is 8.12. The Hall–Kier alpha value is -1.37. The third-order valence-corrected chi connectivity index (χ3v) is 4.88. The van der Waals surface area contributed by atoms with Crippen molar-refractivity contribution in [1.29, 1.82) is 5.26 Å². The van der Waals surface area contributed by atoms with Crippen LogP contribution in [0.2, 0.25) is 0 Å². The molecule has 0 amide bonds. The summed E-state index contributed by atoms with van der Waals surface area (Å²) in [4.78, 5) is 2.50. The molecule has 0 saturated heterocycles. The lowest BCUT2D eigenvalue weighted by Gasteiger charge is -2.34. The summed E-state index contributed by atoms with van der Waals surface area (Å²) in [6, 6.07) is 12.6.